The summed E-state index contributed by atoms with van der Waals surface area (Å²) in [5, 5.41) is 12.4. The number of hydrazone groups is 1. The van der Waals surface area contributed by atoms with E-state index < -0.39 is 24.6 Å². The van der Waals surface area contributed by atoms with E-state index in [4.69, 9.17) is 19.3 Å². The third kappa shape index (κ3) is 4.50. The molecule has 0 fully saturated rings. The quantitative estimate of drug-likeness (QED) is 0.599. The Kier molecular flexibility index (Phi) is 5.33. The van der Waals surface area contributed by atoms with Gasteiger partial charge in [0.05, 0.1) is 6.21 Å². The maximum Gasteiger partial charge on any atom is 0.341 e. The Morgan fingerprint density at radius 1 is 1.19 bits per heavy atom. The minimum Gasteiger partial charge on any atom is -0.485 e. The fourth-order valence-corrected chi connectivity index (χ4v) is 2.19. The number of nitrogens with zero attached hydrogens (tertiary/aromatic N) is 1. The lowest BCUT2D eigenvalue weighted by Crippen LogP contribution is -2.42. The van der Waals surface area contributed by atoms with E-state index in [0.29, 0.717) is 22.8 Å². The van der Waals surface area contributed by atoms with Crippen molar-refractivity contribution in [2.75, 3.05) is 13.2 Å². The van der Waals surface area contributed by atoms with E-state index in [0.717, 1.165) is 0 Å². The molecule has 8 heteroatoms. The van der Waals surface area contributed by atoms with Crippen molar-refractivity contribution in [1.29, 1.82) is 0 Å². The van der Waals surface area contributed by atoms with Gasteiger partial charge in [-0.05, 0) is 42.0 Å². The van der Waals surface area contributed by atoms with Crippen LogP contribution < -0.4 is 19.6 Å². The summed E-state index contributed by atoms with van der Waals surface area (Å²) >= 11 is 0. The number of nitrogens with one attached hydrogen (secondary N) is 1. The van der Waals surface area contributed by atoms with Gasteiger partial charge in [0.25, 0.3) is 5.91 Å². The van der Waals surface area contributed by atoms with Gasteiger partial charge in [0.1, 0.15) is 12.4 Å². The lowest BCUT2D eigenvalue weighted by molar-refractivity contribution is -0.139. The molecule has 0 aromatic heterocycles. The minimum absolute atomic E-state index is 0.105. The largest absolute Gasteiger partial charge is 0.485 e. The summed E-state index contributed by atoms with van der Waals surface area (Å²) in [5.74, 6) is 0.0807. The number of hydrogen-bond donors (Lipinski definition) is 2. The van der Waals surface area contributed by atoms with Crippen molar-refractivity contribution in [3.8, 4) is 17.2 Å². The monoisotopic (exact) mass is 356 g/mol. The fraction of sp³-hybridized carbons (Fsp3) is 0.167. The van der Waals surface area contributed by atoms with Gasteiger partial charge in [0, 0.05) is 0 Å². The Balaban J connectivity index is 1.50. The second-order valence-corrected chi connectivity index (χ2v) is 5.35. The first-order valence-corrected chi connectivity index (χ1v) is 7.78. The zero-order chi connectivity index (χ0) is 18.4. The fourth-order valence-electron chi connectivity index (χ4n) is 2.19. The van der Waals surface area contributed by atoms with Gasteiger partial charge < -0.3 is 19.3 Å². The Bertz CT molecular complexity index is 819. The van der Waals surface area contributed by atoms with Crippen LogP contribution in [0.25, 0.3) is 0 Å². The van der Waals surface area contributed by atoms with Crippen LogP contribution in [0.3, 0.4) is 0 Å². The highest BCUT2D eigenvalue weighted by molar-refractivity contribution is 5.85. The van der Waals surface area contributed by atoms with E-state index in [1.54, 1.807) is 42.5 Å². The molecule has 1 heterocycles. The molecule has 0 saturated heterocycles. The number of amides is 1. The van der Waals surface area contributed by atoms with Gasteiger partial charge in [-0.2, -0.15) is 5.10 Å². The Morgan fingerprint density at radius 3 is 2.65 bits per heavy atom. The van der Waals surface area contributed by atoms with Crippen molar-refractivity contribution in [3.63, 3.8) is 0 Å². The van der Waals surface area contributed by atoms with Crippen LogP contribution in [-0.2, 0) is 9.59 Å². The van der Waals surface area contributed by atoms with Crippen molar-refractivity contribution in [2.24, 2.45) is 5.10 Å². The molecule has 134 valence electrons. The number of hydrogen-bond acceptors (Lipinski definition) is 6. The topological polar surface area (TPSA) is 106 Å². The first kappa shape index (κ1) is 17.3. The number of rotatable bonds is 6. The van der Waals surface area contributed by atoms with Gasteiger partial charge in [0.15, 0.2) is 18.1 Å². The van der Waals surface area contributed by atoms with Crippen molar-refractivity contribution < 1.29 is 28.9 Å². The van der Waals surface area contributed by atoms with E-state index in [9.17, 15) is 9.59 Å². The smallest absolute Gasteiger partial charge is 0.341 e. The average Bonchev–Trinajstić information content (AvgIpc) is 2.67. The van der Waals surface area contributed by atoms with E-state index in [-0.39, 0.29) is 6.61 Å². The molecule has 0 radical (unpaired) electrons. The van der Waals surface area contributed by atoms with Crippen LogP contribution in [0.5, 0.6) is 17.2 Å². The standard InChI is InChI=1S/C18H16N2O6/c21-17(22)11-24-13-7-5-12(6-8-13)9-19-20-18(23)16-10-25-14-3-1-2-4-15(14)26-16/h1-9,16H,10-11H2,(H,20,23)(H,21,22)/b19-9-/t16-/m0/s1. The molecule has 2 N–H and O–H groups in total. The number of ether oxygens (including phenoxy) is 3. The van der Waals surface area contributed by atoms with Crippen LogP contribution in [0.15, 0.2) is 53.6 Å². The Labute approximate surface area is 149 Å². The molecule has 0 spiro atoms. The van der Waals surface area contributed by atoms with Gasteiger partial charge in [0.2, 0.25) is 6.10 Å². The summed E-state index contributed by atoms with van der Waals surface area (Å²) < 4.78 is 16.1. The minimum atomic E-state index is -1.05. The summed E-state index contributed by atoms with van der Waals surface area (Å²) in [7, 11) is 0. The van der Waals surface area contributed by atoms with Gasteiger partial charge in [-0.25, -0.2) is 10.2 Å². The number of carboxylic acids is 1. The number of para-hydroxylation sites is 2. The van der Waals surface area contributed by atoms with Crippen molar-refractivity contribution in [1.82, 2.24) is 5.43 Å². The van der Waals surface area contributed by atoms with Gasteiger partial charge in [-0.3, -0.25) is 4.79 Å². The number of benzene rings is 2. The first-order valence-electron chi connectivity index (χ1n) is 7.78. The molecule has 8 nitrogen and oxygen atoms in total. The SMILES string of the molecule is O=C(O)COc1ccc(/C=N\NC(=O)[C@@H]2COc3ccccc3O2)cc1. The first-order chi connectivity index (χ1) is 12.6. The average molecular weight is 356 g/mol. The molecule has 2 aromatic carbocycles. The van der Waals surface area contributed by atoms with Crippen LogP contribution in [-0.4, -0.2) is 42.5 Å². The van der Waals surface area contributed by atoms with E-state index >= 15 is 0 Å². The van der Waals surface area contributed by atoms with Gasteiger partial charge in [-0.1, -0.05) is 12.1 Å². The molecule has 3 rings (SSSR count). The normalized spacial score (nSPS) is 15.5. The van der Waals surface area contributed by atoms with Crippen LogP contribution in [0, 0.1) is 0 Å². The summed E-state index contributed by atoms with van der Waals surface area (Å²) in [6, 6.07) is 13.7. The second-order valence-electron chi connectivity index (χ2n) is 5.35. The molecule has 2 aromatic rings. The third-order valence-electron chi connectivity index (χ3n) is 3.43. The molecule has 1 atom stereocenters. The molecule has 1 aliphatic heterocycles. The molecule has 1 amide bonds. The maximum absolute atomic E-state index is 12.1. The summed E-state index contributed by atoms with van der Waals surface area (Å²) in [6.07, 6.45) is 0.671. The zero-order valence-electron chi connectivity index (χ0n) is 13.6. The molecular formula is C18H16N2O6. The van der Waals surface area contributed by atoms with Gasteiger partial charge >= 0.3 is 5.97 Å². The lowest BCUT2D eigenvalue weighted by atomic mass is 10.2. The summed E-state index contributed by atoms with van der Waals surface area (Å²) in [6.45, 7) is -0.302. The third-order valence-corrected chi connectivity index (χ3v) is 3.43. The predicted molar refractivity (Wildman–Crippen MR) is 91.7 cm³/mol. The summed E-state index contributed by atoms with van der Waals surface area (Å²) in [5.41, 5.74) is 3.11. The number of carbonyl (C=O) groups excluding carboxylic acids is 1. The highest BCUT2D eigenvalue weighted by Crippen LogP contribution is 2.30. The van der Waals surface area contributed by atoms with Gasteiger partial charge in [-0.15, -0.1) is 0 Å². The number of fused-ring (bicyclic) bond motifs is 1. The van der Waals surface area contributed by atoms with Crippen LogP contribution >= 0.6 is 0 Å². The predicted octanol–water partition coefficient (Wildman–Crippen LogP) is 1.44. The van der Waals surface area contributed by atoms with Crippen LogP contribution in [0.2, 0.25) is 0 Å². The Hall–Kier alpha value is -3.55. The van der Waals surface area contributed by atoms with E-state index in [1.165, 1.54) is 6.21 Å². The molecule has 0 unspecified atom stereocenters. The molecule has 0 bridgehead atoms. The zero-order valence-corrected chi connectivity index (χ0v) is 13.6. The van der Waals surface area contributed by atoms with E-state index in [2.05, 4.69) is 10.5 Å². The van der Waals surface area contributed by atoms with Crippen LogP contribution in [0.1, 0.15) is 5.56 Å². The van der Waals surface area contributed by atoms with Crippen molar-refractivity contribution in [3.05, 3.63) is 54.1 Å². The number of carboxylic acid groups (broad SMARTS) is 1. The molecular weight excluding hydrogens is 340 g/mol. The number of carbonyl (C=O) groups is 2. The van der Waals surface area contributed by atoms with Crippen molar-refractivity contribution in [2.45, 2.75) is 6.10 Å². The molecule has 26 heavy (non-hydrogen) atoms. The molecule has 1 aliphatic rings. The Morgan fingerprint density at radius 2 is 1.92 bits per heavy atom. The van der Waals surface area contributed by atoms with E-state index in [1.807, 2.05) is 6.07 Å². The van der Waals surface area contributed by atoms with Crippen molar-refractivity contribution >= 4 is 18.1 Å². The maximum atomic E-state index is 12.1. The molecule has 0 aliphatic carbocycles. The second kappa shape index (κ2) is 8.02. The number of aliphatic carboxylic acids is 1. The highest BCUT2D eigenvalue weighted by Gasteiger charge is 2.26. The van der Waals surface area contributed by atoms with Crippen LogP contribution in [0.4, 0.5) is 0 Å². The molecule has 0 saturated carbocycles. The highest BCUT2D eigenvalue weighted by atomic mass is 16.6. The summed E-state index contributed by atoms with van der Waals surface area (Å²) in [4.78, 5) is 22.5. The lowest BCUT2D eigenvalue weighted by Gasteiger charge is -2.24.